The fraction of sp³-hybridized carbons (Fsp3) is 0.429. The molecule has 0 saturated carbocycles. The third kappa shape index (κ3) is 2.92. The third-order valence-corrected chi connectivity index (χ3v) is 1.99. The van der Waals surface area contributed by atoms with Gasteiger partial charge in [-0.15, -0.1) is 0 Å². The van der Waals surface area contributed by atoms with Crippen molar-refractivity contribution in [1.29, 1.82) is 0 Å². The Hall–Kier alpha value is 0.0600. The van der Waals surface area contributed by atoms with Crippen LogP contribution in [0.25, 0.3) is 0 Å². The van der Waals surface area contributed by atoms with Gasteiger partial charge in [-0.05, 0) is 20.8 Å². The van der Waals surface area contributed by atoms with Crippen molar-refractivity contribution in [2.45, 2.75) is 20.8 Å². The zero-order valence-electron chi connectivity index (χ0n) is 5.83. The first-order chi connectivity index (χ1) is 4.09. The maximum absolute atomic E-state index is 5.75. The van der Waals surface area contributed by atoms with Gasteiger partial charge < -0.3 is 0 Å². The van der Waals surface area contributed by atoms with Gasteiger partial charge in [0.25, 0.3) is 0 Å². The van der Waals surface area contributed by atoms with Crippen molar-refractivity contribution in [2.24, 2.45) is 0 Å². The summed E-state index contributed by atoms with van der Waals surface area (Å²) in [6, 6.07) is 0. The van der Waals surface area contributed by atoms with E-state index in [4.69, 9.17) is 23.2 Å². The number of hydrogen-bond acceptors (Lipinski definition) is 0. The van der Waals surface area contributed by atoms with Crippen LogP contribution in [0.3, 0.4) is 0 Å². The molecular weight excluding hydrogens is 155 g/mol. The Balaban J connectivity index is 4.40. The lowest BCUT2D eigenvalue weighted by Crippen LogP contribution is -1.74. The highest BCUT2D eigenvalue weighted by atomic mass is 35.5. The Morgan fingerprint density at radius 2 is 1.67 bits per heavy atom. The zero-order chi connectivity index (χ0) is 7.44. The van der Waals surface area contributed by atoms with Crippen LogP contribution < -0.4 is 0 Å². The Morgan fingerprint density at radius 1 is 1.22 bits per heavy atom. The van der Waals surface area contributed by atoms with E-state index in [0.29, 0.717) is 10.1 Å². The topological polar surface area (TPSA) is 0 Å². The van der Waals surface area contributed by atoms with Gasteiger partial charge in [0.2, 0.25) is 0 Å². The maximum Gasteiger partial charge on any atom is 0.0575 e. The molecular formula is C7H10Cl2. The molecule has 0 rings (SSSR count). The van der Waals surface area contributed by atoms with Crippen molar-refractivity contribution in [1.82, 2.24) is 0 Å². The number of halogens is 2. The smallest absolute Gasteiger partial charge is 0.0575 e. The first kappa shape index (κ1) is 9.06. The summed E-state index contributed by atoms with van der Waals surface area (Å²) in [7, 11) is 0. The molecule has 2 heteroatoms. The molecule has 0 nitrogen and oxygen atoms in total. The van der Waals surface area contributed by atoms with Crippen molar-refractivity contribution < 1.29 is 0 Å². The van der Waals surface area contributed by atoms with Crippen LogP contribution >= 0.6 is 23.2 Å². The van der Waals surface area contributed by atoms with Gasteiger partial charge in [0, 0.05) is 0 Å². The fourth-order valence-electron chi connectivity index (χ4n) is 0.366. The minimum Gasteiger partial charge on any atom is -0.0831 e. The van der Waals surface area contributed by atoms with Crippen molar-refractivity contribution in [2.75, 3.05) is 0 Å². The van der Waals surface area contributed by atoms with Crippen LogP contribution in [0.15, 0.2) is 21.7 Å². The highest BCUT2D eigenvalue weighted by molar-refractivity contribution is 6.44. The van der Waals surface area contributed by atoms with Gasteiger partial charge in [-0.1, -0.05) is 34.9 Å². The second-order valence-electron chi connectivity index (χ2n) is 1.95. The van der Waals surface area contributed by atoms with E-state index in [9.17, 15) is 0 Å². The van der Waals surface area contributed by atoms with Gasteiger partial charge in [0.1, 0.15) is 0 Å². The minimum atomic E-state index is 0.622. The van der Waals surface area contributed by atoms with E-state index in [1.165, 1.54) is 0 Å². The SMILES string of the molecule is C/C=C(/Cl)C(Cl)=C(C)C. The molecule has 0 aromatic rings. The molecule has 0 spiro atoms. The largest absolute Gasteiger partial charge is 0.0831 e. The van der Waals surface area contributed by atoms with E-state index in [1.54, 1.807) is 6.08 Å². The zero-order valence-corrected chi connectivity index (χ0v) is 7.35. The summed E-state index contributed by atoms with van der Waals surface area (Å²) >= 11 is 11.4. The predicted octanol–water partition coefficient (Wildman–Crippen LogP) is 3.66. The first-order valence-corrected chi connectivity index (χ1v) is 3.50. The summed E-state index contributed by atoms with van der Waals surface area (Å²) in [4.78, 5) is 0. The average molecular weight is 165 g/mol. The normalized spacial score (nSPS) is 11.4. The van der Waals surface area contributed by atoms with Gasteiger partial charge in [-0.3, -0.25) is 0 Å². The molecule has 0 atom stereocenters. The lowest BCUT2D eigenvalue weighted by Gasteiger charge is -1.96. The molecule has 0 aliphatic rings. The molecule has 0 N–H and O–H groups in total. The van der Waals surface area contributed by atoms with Gasteiger partial charge in [-0.2, -0.15) is 0 Å². The number of allylic oxidation sites excluding steroid dienone is 4. The Kier molecular flexibility index (Phi) is 4.00. The average Bonchev–Trinajstić information content (AvgIpc) is 1.84. The highest BCUT2D eigenvalue weighted by Crippen LogP contribution is 2.21. The second kappa shape index (κ2) is 3.97. The summed E-state index contributed by atoms with van der Waals surface area (Å²) < 4.78 is 0. The standard InChI is InChI=1S/C7H10Cl2/c1-4-6(8)7(9)5(2)3/h4H,1-3H3/b6-4+. The van der Waals surface area contributed by atoms with Gasteiger partial charge >= 0.3 is 0 Å². The molecule has 9 heavy (non-hydrogen) atoms. The second-order valence-corrected chi connectivity index (χ2v) is 2.74. The van der Waals surface area contributed by atoms with Gasteiger partial charge in [-0.25, -0.2) is 0 Å². The van der Waals surface area contributed by atoms with E-state index in [-0.39, 0.29) is 0 Å². The highest BCUT2D eigenvalue weighted by Gasteiger charge is 1.96. The lowest BCUT2D eigenvalue weighted by molar-refractivity contribution is 1.37. The summed E-state index contributed by atoms with van der Waals surface area (Å²) in [6.45, 7) is 5.70. The van der Waals surface area contributed by atoms with Crippen LogP contribution in [0, 0.1) is 0 Å². The fourth-order valence-corrected chi connectivity index (χ4v) is 0.664. The molecule has 0 fully saturated rings. The summed E-state index contributed by atoms with van der Waals surface area (Å²) in [6.07, 6.45) is 1.77. The van der Waals surface area contributed by atoms with Crippen molar-refractivity contribution in [3.63, 3.8) is 0 Å². The molecule has 0 radical (unpaired) electrons. The van der Waals surface area contributed by atoms with E-state index in [0.717, 1.165) is 5.57 Å². The molecule has 0 aromatic heterocycles. The summed E-state index contributed by atoms with van der Waals surface area (Å²) in [5, 5.41) is 1.27. The number of rotatable bonds is 1. The predicted molar refractivity (Wildman–Crippen MR) is 43.8 cm³/mol. The first-order valence-electron chi connectivity index (χ1n) is 2.74. The monoisotopic (exact) mass is 164 g/mol. The van der Waals surface area contributed by atoms with Gasteiger partial charge in [0.15, 0.2) is 0 Å². The Bertz CT molecular complexity index is 150. The summed E-state index contributed by atoms with van der Waals surface area (Å²) in [5.74, 6) is 0. The Labute approximate surface area is 66.2 Å². The van der Waals surface area contributed by atoms with E-state index in [2.05, 4.69) is 0 Å². The molecule has 0 saturated heterocycles. The molecule has 0 aromatic carbocycles. The molecule has 0 amide bonds. The van der Waals surface area contributed by atoms with E-state index >= 15 is 0 Å². The third-order valence-electron chi connectivity index (χ3n) is 0.902. The lowest BCUT2D eigenvalue weighted by atomic mass is 10.3. The Morgan fingerprint density at radius 3 is 1.78 bits per heavy atom. The van der Waals surface area contributed by atoms with Crippen molar-refractivity contribution in [3.8, 4) is 0 Å². The molecule has 0 aliphatic heterocycles. The van der Waals surface area contributed by atoms with Crippen molar-refractivity contribution >= 4 is 23.2 Å². The maximum atomic E-state index is 5.75. The van der Waals surface area contributed by atoms with Crippen LogP contribution in [0.5, 0.6) is 0 Å². The summed E-state index contributed by atoms with van der Waals surface area (Å²) in [5.41, 5.74) is 1.04. The molecule has 0 unspecified atom stereocenters. The van der Waals surface area contributed by atoms with Crippen LogP contribution in [0.2, 0.25) is 0 Å². The molecule has 52 valence electrons. The van der Waals surface area contributed by atoms with Crippen LogP contribution in [-0.4, -0.2) is 0 Å². The minimum absolute atomic E-state index is 0.622. The molecule has 0 aliphatic carbocycles. The quantitative estimate of drug-likeness (QED) is 0.520. The molecule has 0 bridgehead atoms. The van der Waals surface area contributed by atoms with E-state index in [1.807, 2.05) is 20.8 Å². The number of hydrogen-bond donors (Lipinski definition) is 0. The van der Waals surface area contributed by atoms with Crippen LogP contribution in [0.4, 0.5) is 0 Å². The van der Waals surface area contributed by atoms with Crippen LogP contribution in [0.1, 0.15) is 20.8 Å². The van der Waals surface area contributed by atoms with Gasteiger partial charge in [0.05, 0.1) is 10.1 Å². The van der Waals surface area contributed by atoms with Crippen LogP contribution in [-0.2, 0) is 0 Å². The van der Waals surface area contributed by atoms with E-state index < -0.39 is 0 Å². The molecule has 0 heterocycles. The van der Waals surface area contributed by atoms with Crippen molar-refractivity contribution in [3.05, 3.63) is 21.7 Å².